The van der Waals surface area contributed by atoms with Crippen molar-refractivity contribution in [2.24, 2.45) is 0 Å². The standard InChI is InChI=1S/C12H17NO3.C7H6O3.Mg/c1-13(2,3)8-9-16-12(15)10-6-4-5-7-11(10)14;8-6-4-2-1-3-5(6)7(9)10;/h4-7H,8-9H2,1-3H3;1-4,8H,(H,9,10);. The Hall–Kier alpha value is -2.29. The number of esters is 1. The first-order valence-electron chi connectivity index (χ1n) is 7.86. The summed E-state index contributed by atoms with van der Waals surface area (Å²) >= 11 is 0. The number of hydrogen-bond acceptors (Lipinski definition) is 6. The Morgan fingerprint density at radius 2 is 1.37 bits per heavy atom. The van der Waals surface area contributed by atoms with Crippen LogP contribution < -0.4 is 5.11 Å². The number of aromatic hydroxyl groups is 2. The number of ether oxygens (including phenoxy) is 1. The Labute approximate surface area is 174 Å². The zero-order valence-corrected chi connectivity index (χ0v) is 17.1. The normalized spacial score (nSPS) is 10.0. The van der Waals surface area contributed by atoms with E-state index < -0.39 is 11.9 Å². The van der Waals surface area contributed by atoms with Gasteiger partial charge in [-0.15, -0.1) is 0 Å². The molecule has 0 fully saturated rings. The van der Waals surface area contributed by atoms with Gasteiger partial charge in [0.15, 0.2) is 0 Å². The summed E-state index contributed by atoms with van der Waals surface area (Å²) in [4.78, 5) is 21.7. The van der Waals surface area contributed by atoms with Crippen LogP contribution in [0, 0.1) is 0 Å². The smallest absolute Gasteiger partial charge is 0.342 e. The van der Waals surface area contributed by atoms with Crippen molar-refractivity contribution in [1.29, 1.82) is 0 Å². The molecule has 8 heteroatoms. The van der Waals surface area contributed by atoms with E-state index >= 15 is 0 Å². The third-order valence-electron chi connectivity index (χ3n) is 3.24. The molecule has 0 unspecified atom stereocenters. The molecule has 0 amide bonds. The molecule has 2 N–H and O–H groups in total. The minimum Gasteiger partial charge on any atom is -0.545 e. The molecule has 0 aliphatic rings. The quantitative estimate of drug-likeness (QED) is 0.444. The largest absolute Gasteiger partial charge is 0.545 e. The third-order valence-corrected chi connectivity index (χ3v) is 3.24. The monoisotopic (exact) mass is 385 g/mol. The molecule has 0 saturated carbocycles. The fourth-order valence-corrected chi connectivity index (χ4v) is 1.78. The molecule has 142 valence electrons. The molecule has 2 aromatic rings. The summed E-state index contributed by atoms with van der Waals surface area (Å²) in [5.74, 6) is -2.15. The van der Waals surface area contributed by atoms with Crippen LogP contribution in [0.1, 0.15) is 20.7 Å². The summed E-state index contributed by atoms with van der Waals surface area (Å²) in [6, 6.07) is 12.0. The van der Waals surface area contributed by atoms with E-state index in [-0.39, 0.29) is 45.7 Å². The second kappa shape index (κ2) is 11.4. The van der Waals surface area contributed by atoms with Gasteiger partial charge in [-0.2, -0.15) is 0 Å². The highest BCUT2D eigenvalue weighted by Gasteiger charge is 2.13. The molecule has 2 rings (SSSR count). The van der Waals surface area contributed by atoms with Crippen LogP contribution >= 0.6 is 0 Å². The summed E-state index contributed by atoms with van der Waals surface area (Å²) in [7, 11) is 6.06. The number of carboxylic acid groups (broad SMARTS) is 1. The number of para-hydroxylation sites is 2. The molecular weight excluding hydrogens is 363 g/mol. The van der Waals surface area contributed by atoms with E-state index in [0.717, 1.165) is 11.0 Å². The SMILES string of the molecule is C[N+](C)(C)CCOC(=O)c1ccccc1O.O=C([O-])c1ccccc1O.[Mg]. The first kappa shape index (κ1) is 24.7. The van der Waals surface area contributed by atoms with Crippen LogP contribution in [0.15, 0.2) is 48.5 Å². The highest BCUT2D eigenvalue weighted by atomic mass is 24.3. The van der Waals surface area contributed by atoms with Gasteiger partial charge in [0.2, 0.25) is 0 Å². The fourth-order valence-electron chi connectivity index (χ4n) is 1.78. The van der Waals surface area contributed by atoms with E-state index in [0.29, 0.717) is 6.61 Å². The summed E-state index contributed by atoms with van der Waals surface area (Å²) in [5, 5.41) is 28.4. The number of carbonyl (C=O) groups excluding carboxylic acids is 2. The maximum absolute atomic E-state index is 11.6. The van der Waals surface area contributed by atoms with Crippen molar-refractivity contribution >= 4 is 35.0 Å². The lowest BCUT2D eigenvalue weighted by Crippen LogP contribution is -2.38. The summed E-state index contributed by atoms with van der Waals surface area (Å²) < 4.78 is 5.80. The van der Waals surface area contributed by atoms with Crippen LogP contribution in [0.25, 0.3) is 0 Å². The highest BCUT2D eigenvalue weighted by Crippen LogP contribution is 2.16. The van der Waals surface area contributed by atoms with Crippen molar-refractivity contribution in [2.45, 2.75) is 0 Å². The molecule has 0 aromatic heterocycles. The number of carboxylic acids is 1. The Bertz CT molecular complexity index is 758. The minimum absolute atomic E-state index is 0. The van der Waals surface area contributed by atoms with Crippen LogP contribution in [-0.4, -0.2) is 84.0 Å². The fraction of sp³-hybridized carbons (Fsp3) is 0.263. The number of hydrogen-bond donors (Lipinski definition) is 2. The van der Waals surface area contributed by atoms with E-state index in [2.05, 4.69) is 0 Å². The minimum atomic E-state index is -1.36. The number of benzene rings is 2. The average molecular weight is 386 g/mol. The molecule has 0 heterocycles. The number of nitrogens with zero attached hydrogens (tertiary/aromatic N) is 1. The Morgan fingerprint density at radius 1 is 0.926 bits per heavy atom. The number of aromatic carboxylic acids is 1. The Kier molecular flexibility index (Phi) is 10.5. The van der Waals surface area contributed by atoms with Crippen LogP contribution in [0.4, 0.5) is 0 Å². The average Bonchev–Trinajstić information content (AvgIpc) is 2.54. The van der Waals surface area contributed by atoms with Gasteiger partial charge in [0.25, 0.3) is 0 Å². The molecule has 0 spiro atoms. The predicted octanol–water partition coefficient (Wildman–Crippen LogP) is 0.630. The lowest BCUT2D eigenvalue weighted by atomic mass is 10.2. The van der Waals surface area contributed by atoms with E-state index in [1.807, 2.05) is 21.1 Å². The number of carbonyl (C=O) groups is 2. The zero-order valence-electron chi connectivity index (χ0n) is 15.7. The van der Waals surface area contributed by atoms with Crippen molar-refractivity contribution in [1.82, 2.24) is 0 Å². The van der Waals surface area contributed by atoms with Crippen LogP contribution in [0.3, 0.4) is 0 Å². The Balaban J connectivity index is 0.000000531. The topological polar surface area (TPSA) is 107 Å². The van der Waals surface area contributed by atoms with Crippen LogP contribution in [0.5, 0.6) is 11.5 Å². The van der Waals surface area contributed by atoms with Crippen molar-refractivity contribution < 1.29 is 34.1 Å². The van der Waals surface area contributed by atoms with Gasteiger partial charge in [-0.25, -0.2) is 4.79 Å². The van der Waals surface area contributed by atoms with Crippen molar-refractivity contribution in [3.8, 4) is 11.5 Å². The van der Waals surface area contributed by atoms with E-state index in [9.17, 15) is 19.8 Å². The lowest BCUT2D eigenvalue weighted by Gasteiger charge is -2.23. The molecule has 27 heavy (non-hydrogen) atoms. The lowest BCUT2D eigenvalue weighted by molar-refractivity contribution is -0.870. The maximum atomic E-state index is 11.6. The molecule has 0 atom stereocenters. The van der Waals surface area contributed by atoms with Gasteiger partial charge in [-0.05, 0) is 24.3 Å². The molecule has 0 aliphatic carbocycles. The molecule has 0 aliphatic heterocycles. The van der Waals surface area contributed by atoms with Gasteiger partial charge < -0.3 is 29.3 Å². The van der Waals surface area contributed by atoms with Crippen molar-refractivity contribution in [3.63, 3.8) is 0 Å². The summed E-state index contributed by atoms with van der Waals surface area (Å²) in [5.41, 5.74) is 0.0337. The van der Waals surface area contributed by atoms with Gasteiger partial charge >= 0.3 is 5.97 Å². The number of phenols is 2. The second-order valence-electron chi connectivity index (χ2n) is 6.47. The van der Waals surface area contributed by atoms with Gasteiger partial charge in [0.05, 0.1) is 27.1 Å². The summed E-state index contributed by atoms with van der Waals surface area (Å²) in [6.07, 6.45) is 0. The van der Waals surface area contributed by atoms with E-state index in [4.69, 9.17) is 9.84 Å². The third kappa shape index (κ3) is 9.27. The molecule has 2 radical (unpaired) electrons. The summed E-state index contributed by atoms with van der Waals surface area (Å²) in [6.45, 7) is 1.08. The maximum Gasteiger partial charge on any atom is 0.342 e. The number of rotatable bonds is 5. The van der Waals surface area contributed by atoms with Crippen LogP contribution in [-0.2, 0) is 4.74 Å². The first-order valence-corrected chi connectivity index (χ1v) is 7.86. The van der Waals surface area contributed by atoms with Gasteiger partial charge in [-0.3, -0.25) is 0 Å². The number of likely N-dealkylation sites (N-methyl/N-ethyl adjacent to an activating group) is 1. The van der Waals surface area contributed by atoms with Gasteiger partial charge in [0.1, 0.15) is 30.2 Å². The van der Waals surface area contributed by atoms with Gasteiger partial charge in [-0.1, -0.05) is 24.3 Å². The predicted molar refractivity (Wildman–Crippen MR) is 99.5 cm³/mol. The van der Waals surface area contributed by atoms with Crippen LogP contribution in [0.2, 0.25) is 0 Å². The zero-order chi connectivity index (χ0) is 19.7. The number of phenolic OH excluding ortho intramolecular Hbond substituents is 1. The van der Waals surface area contributed by atoms with E-state index in [1.54, 1.807) is 24.3 Å². The molecular formula is C19H23MgNO6. The second-order valence-corrected chi connectivity index (χ2v) is 6.47. The van der Waals surface area contributed by atoms with Crippen molar-refractivity contribution in [3.05, 3.63) is 59.7 Å². The first-order chi connectivity index (χ1) is 12.1. The van der Waals surface area contributed by atoms with Gasteiger partial charge in [0, 0.05) is 28.6 Å². The molecule has 0 bridgehead atoms. The molecule has 0 saturated heterocycles. The Morgan fingerprint density at radius 3 is 1.74 bits per heavy atom. The molecule has 7 nitrogen and oxygen atoms in total. The van der Waals surface area contributed by atoms with Crippen molar-refractivity contribution in [2.75, 3.05) is 34.3 Å². The van der Waals surface area contributed by atoms with E-state index in [1.165, 1.54) is 24.3 Å². The number of quaternary nitrogens is 1. The molecule has 2 aromatic carbocycles. The highest BCUT2D eigenvalue weighted by molar-refractivity contribution is 5.92.